The number of hydrazone groups is 1. The number of rotatable bonds is 4. The summed E-state index contributed by atoms with van der Waals surface area (Å²) in [4.78, 5) is 21.1. The molecule has 1 rings (SSSR count). The molecule has 0 aliphatic rings. The van der Waals surface area contributed by atoms with Crippen LogP contribution in [0, 0.1) is 10.1 Å². The summed E-state index contributed by atoms with van der Waals surface area (Å²) in [5, 5.41) is 14.5. The zero-order valence-electron chi connectivity index (χ0n) is 10.0. The number of ether oxygens (including phenoxy) is 1. The van der Waals surface area contributed by atoms with Gasteiger partial charge in [0.05, 0.1) is 17.7 Å². The molecular weight excluding hydrogens is 238 g/mol. The molecule has 1 aromatic carbocycles. The first-order valence-electron chi connectivity index (χ1n) is 5.23. The summed E-state index contributed by atoms with van der Waals surface area (Å²) in [6, 6.07) is 6.05. The Hall–Kier alpha value is -2.44. The van der Waals surface area contributed by atoms with Gasteiger partial charge in [0, 0.05) is 17.7 Å². The van der Waals surface area contributed by atoms with E-state index in [-0.39, 0.29) is 5.69 Å². The Labute approximate surface area is 104 Å². The van der Waals surface area contributed by atoms with Gasteiger partial charge in [-0.25, -0.2) is 10.2 Å². The number of carbonyl (C=O) groups excluding carboxylic acids is 1. The molecule has 0 heterocycles. The van der Waals surface area contributed by atoms with Crippen molar-refractivity contribution in [3.8, 4) is 0 Å². The van der Waals surface area contributed by atoms with Crippen LogP contribution < -0.4 is 5.43 Å². The van der Waals surface area contributed by atoms with Gasteiger partial charge in [0.1, 0.15) is 0 Å². The zero-order valence-corrected chi connectivity index (χ0v) is 10.0. The Morgan fingerprint density at radius 2 is 2.28 bits per heavy atom. The molecular formula is C11H13N3O4. The third kappa shape index (κ3) is 3.55. The molecule has 0 radical (unpaired) electrons. The first-order valence-corrected chi connectivity index (χ1v) is 5.23. The molecule has 0 fully saturated rings. The molecule has 1 N–H and O–H groups in total. The fraction of sp³-hybridized carbons (Fsp3) is 0.273. The second-order valence-electron chi connectivity index (χ2n) is 3.32. The number of hydrogen-bond acceptors (Lipinski definition) is 5. The van der Waals surface area contributed by atoms with E-state index in [2.05, 4.69) is 15.3 Å². The van der Waals surface area contributed by atoms with Crippen LogP contribution in [0.3, 0.4) is 0 Å². The maximum absolute atomic E-state index is 10.9. The monoisotopic (exact) mass is 251 g/mol. The first kappa shape index (κ1) is 13.6. The first-order chi connectivity index (χ1) is 8.58. The van der Waals surface area contributed by atoms with Gasteiger partial charge in [-0.05, 0) is 6.42 Å². The van der Waals surface area contributed by atoms with Crippen molar-refractivity contribution in [3.05, 3.63) is 39.9 Å². The Bertz CT molecular complexity index is 485. The van der Waals surface area contributed by atoms with Crippen molar-refractivity contribution in [2.45, 2.75) is 13.3 Å². The molecule has 0 atom stereocenters. The molecule has 7 heteroatoms. The lowest BCUT2D eigenvalue weighted by Gasteiger charge is -2.04. The number of amides is 1. The van der Waals surface area contributed by atoms with Crippen molar-refractivity contribution >= 4 is 17.5 Å². The molecule has 1 aromatic rings. The highest BCUT2D eigenvalue weighted by atomic mass is 16.6. The third-order valence-electron chi connectivity index (χ3n) is 2.19. The van der Waals surface area contributed by atoms with Gasteiger partial charge >= 0.3 is 6.09 Å². The maximum atomic E-state index is 10.9. The number of methoxy groups -OCH3 is 1. The number of nitrogens with zero attached hydrogens (tertiary/aromatic N) is 2. The van der Waals surface area contributed by atoms with E-state index in [0.717, 1.165) is 0 Å². The van der Waals surface area contributed by atoms with Crippen molar-refractivity contribution in [1.82, 2.24) is 5.43 Å². The normalized spacial score (nSPS) is 10.9. The van der Waals surface area contributed by atoms with E-state index < -0.39 is 11.0 Å². The number of benzene rings is 1. The molecule has 0 bridgehead atoms. The van der Waals surface area contributed by atoms with Gasteiger partial charge in [0.25, 0.3) is 5.69 Å². The maximum Gasteiger partial charge on any atom is 0.427 e. The summed E-state index contributed by atoms with van der Waals surface area (Å²) in [5.74, 6) is 0. The summed E-state index contributed by atoms with van der Waals surface area (Å²) in [6.07, 6.45) is -0.170. The molecule has 0 unspecified atom stereocenters. The summed E-state index contributed by atoms with van der Waals surface area (Å²) in [6.45, 7) is 1.83. The van der Waals surface area contributed by atoms with Crippen LogP contribution in [0.5, 0.6) is 0 Å². The van der Waals surface area contributed by atoms with Crippen LogP contribution in [0.1, 0.15) is 18.9 Å². The lowest BCUT2D eigenvalue weighted by Crippen LogP contribution is -2.19. The molecule has 96 valence electrons. The van der Waals surface area contributed by atoms with Crippen LogP contribution in [0.25, 0.3) is 0 Å². The van der Waals surface area contributed by atoms with Gasteiger partial charge in [-0.1, -0.05) is 19.1 Å². The Morgan fingerprint density at radius 3 is 2.83 bits per heavy atom. The van der Waals surface area contributed by atoms with E-state index in [9.17, 15) is 14.9 Å². The van der Waals surface area contributed by atoms with Gasteiger partial charge in [0.2, 0.25) is 0 Å². The minimum Gasteiger partial charge on any atom is -0.452 e. The molecule has 7 nitrogen and oxygen atoms in total. The van der Waals surface area contributed by atoms with Gasteiger partial charge in [-0.3, -0.25) is 10.1 Å². The van der Waals surface area contributed by atoms with Crippen LogP contribution in [0.15, 0.2) is 29.4 Å². The number of nitro groups is 1. The van der Waals surface area contributed by atoms with E-state index in [0.29, 0.717) is 17.7 Å². The molecule has 0 saturated carbocycles. The van der Waals surface area contributed by atoms with Crippen molar-refractivity contribution < 1.29 is 14.5 Å². The lowest BCUT2D eigenvalue weighted by molar-refractivity contribution is -0.384. The summed E-state index contributed by atoms with van der Waals surface area (Å²) < 4.78 is 4.38. The topological polar surface area (TPSA) is 93.8 Å². The third-order valence-corrected chi connectivity index (χ3v) is 2.19. The molecule has 0 aliphatic carbocycles. The van der Waals surface area contributed by atoms with Crippen molar-refractivity contribution in [3.63, 3.8) is 0 Å². The quantitative estimate of drug-likeness (QED) is 0.503. The van der Waals surface area contributed by atoms with E-state index in [1.54, 1.807) is 12.1 Å². The van der Waals surface area contributed by atoms with Gasteiger partial charge < -0.3 is 4.74 Å². The van der Waals surface area contributed by atoms with Crippen LogP contribution in [-0.4, -0.2) is 23.8 Å². The zero-order chi connectivity index (χ0) is 13.5. The van der Waals surface area contributed by atoms with E-state index in [1.807, 2.05) is 6.92 Å². The van der Waals surface area contributed by atoms with Crippen LogP contribution in [0.4, 0.5) is 10.5 Å². The molecule has 1 amide bonds. The second kappa shape index (κ2) is 6.33. The SMILES string of the molecule is CCC(=NNC(=O)OC)c1cccc([N+](=O)[O-])c1. The highest BCUT2D eigenvalue weighted by Crippen LogP contribution is 2.14. The van der Waals surface area contributed by atoms with Crippen molar-refractivity contribution in [1.29, 1.82) is 0 Å². The summed E-state index contributed by atoms with van der Waals surface area (Å²) >= 11 is 0. The minimum absolute atomic E-state index is 0.0216. The lowest BCUT2D eigenvalue weighted by atomic mass is 10.1. The Morgan fingerprint density at radius 1 is 1.56 bits per heavy atom. The van der Waals surface area contributed by atoms with Gasteiger partial charge in [-0.2, -0.15) is 5.10 Å². The van der Waals surface area contributed by atoms with E-state index >= 15 is 0 Å². The fourth-order valence-electron chi connectivity index (χ4n) is 1.31. The fourth-order valence-corrected chi connectivity index (χ4v) is 1.31. The highest BCUT2D eigenvalue weighted by molar-refractivity contribution is 6.01. The average Bonchev–Trinajstić information content (AvgIpc) is 2.39. The Kier molecular flexibility index (Phi) is 4.79. The summed E-state index contributed by atoms with van der Waals surface area (Å²) in [5.41, 5.74) is 3.28. The largest absolute Gasteiger partial charge is 0.452 e. The number of hydrogen-bond donors (Lipinski definition) is 1. The second-order valence-corrected chi connectivity index (χ2v) is 3.32. The van der Waals surface area contributed by atoms with Gasteiger partial charge in [0.15, 0.2) is 0 Å². The van der Waals surface area contributed by atoms with E-state index in [4.69, 9.17) is 0 Å². The predicted molar refractivity (Wildman–Crippen MR) is 65.5 cm³/mol. The van der Waals surface area contributed by atoms with Crippen LogP contribution in [0.2, 0.25) is 0 Å². The molecule has 0 spiro atoms. The minimum atomic E-state index is -0.689. The van der Waals surface area contributed by atoms with Crippen molar-refractivity contribution in [2.75, 3.05) is 7.11 Å². The molecule has 0 aliphatic heterocycles. The van der Waals surface area contributed by atoms with Crippen LogP contribution >= 0.6 is 0 Å². The number of nitro benzene ring substituents is 1. The Balaban J connectivity index is 2.98. The number of non-ortho nitro benzene ring substituents is 1. The van der Waals surface area contributed by atoms with Gasteiger partial charge in [-0.15, -0.1) is 0 Å². The van der Waals surface area contributed by atoms with E-state index in [1.165, 1.54) is 19.2 Å². The van der Waals surface area contributed by atoms with Crippen LogP contribution in [-0.2, 0) is 4.74 Å². The average molecular weight is 251 g/mol. The highest BCUT2D eigenvalue weighted by Gasteiger charge is 2.09. The molecule has 18 heavy (non-hydrogen) atoms. The predicted octanol–water partition coefficient (Wildman–Crippen LogP) is 2.06. The standard InChI is InChI=1S/C11H13N3O4/c1-3-10(12-13-11(15)18-2)8-5-4-6-9(7-8)14(16)17/h4-7H,3H2,1-2H3,(H,13,15). The number of carbonyl (C=O) groups is 1. The number of nitrogens with one attached hydrogen (secondary N) is 1. The molecule has 0 saturated heterocycles. The molecule has 0 aromatic heterocycles. The smallest absolute Gasteiger partial charge is 0.427 e. The summed E-state index contributed by atoms with van der Waals surface area (Å²) in [7, 11) is 1.23. The van der Waals surface area contributed by atoms with Crippen molar-refractivity contribution in [2.24, 2.45) is 5.10 Å².